The first-order valence-electron chi connectivity index (χ1n) is 6.66. The lowest BCUT2D eigenvalue weighted by molar-refractivity contribution is 0.141. The number of aromatic nitrogens is 1. The van der Waals surface area contributed by atoms with Crippen molar-refractivity contribution in [1.82, 2.24) is 15.2 Å². The van der Waals surface area contributed by atoms with Gasteiger partial charge in [-0.2, -0.15) is 0 Å². The zero-order valence-electron chi connectivity index (χ0n) is 10.9. The first-order valence-corrected chi connectivity index (χ1v) is 6.66. The van der Waals surface area contributed by atoms with Crippen LogP contribution in [-0.4, -0.2) is 36.1 Å². The van der Waals surface area contributed by atoms with E-state index in [4.69, 9.17) is 0 Å². The Balaban J connectivity index is 0.00000120. The minimum absolute atomic E-state index is 0. The fraction of sp³-hybridized carbons (Fsp3) is 0.643. The largest absolute Gasteiger partial charge is 0.316 e. The fourth-order valence-corrected chi connectivity index (χ4v) is 3.07. The summed E-state index contributed by atoms with van der Waals surface area (Å²) in [6, 6.07) is 4.32. The second-order valence-corrected chi connectivity index (χ2v) is 5.53. The molecule has 2 atom stereocenters. The number of rotatable bonds is 2. The van der Waals surface area contributed by atoms with Gasteiger partial charge in [-0.05, 0) is 56.4 Å². The lowest BCUT2D eigenvalue weighted by atomic mass is 9.88. The normalized spacial score (nSPS) is 27.6. The lowest BCUT2D eigenvalue weighted by Crippen LogP contribution is -2.39. The van der Waals surface area contributed by atoms with E-state index in [-0.39, 0.29) is 12.4 Å². The molecule has 2 aliphatic heterocycles. The number of likely N-dealkylation sites (tertiary alicyclic amines) is 1. The Bertz CT molecular complexity index is 379. The molecule has 0 aromatic carbocycles. The van der Waals surface area contributed by atoms with Crippen LogP contribution in [0.25, 0.3) is 0 Å². The molecule has 1 N–H and O–H groups in total. The first-order chi connectivity index (χ1) is 8.31. The van der Waals surface area contributed by atoms with E-state index in [9.17, 15) is 0 Å². The molecule has 4 heteroatoms. The van der Waals surface area contributed by atoms with Crippen LogP contribution in [0.3, 0.4) is 0 Å². The van der Waals surface area contributed by atoms with Crippen LogP contribution in [0.4, 0.5) is 0 Å². The molecule has 2 fully saturated rings. The zero-order valence-corrected chi connectivity index (χ0v) is 11.7. The molecule has 0 saturated carbocycles. The molecule has 3 heterocycles. The molecule has 0 radical (unpaired) electrons. The summed E-state index contributed by atoms with van der Waals surface area (Å²) >= 11 is 0. The van der Waals surface area contributed by atoms with Crippen molar-refractivity contribution in [3.8, 4) is 0 Å². The van der Waals surface area contributed by atoms with Gasteiger partial charge in [-0.3, -0.25) is 9.88 Å². The highest BCUT2D eigenvalue weighted by Crippen LogP contribution is 2.27. The summed E-state index contributed by atoms with van der Waals surface area (Å²) in [5.41, 5.74) is 2.45. The Morgan fingerprint density at radius 1 is 1.33 bits per heavy atom. The molecule has 2 aliphatic rings. The van der Waals surface area contributed by atoms with Crippen molar-refractivity contribution in [1.29, 1.82) is 0 Å². The molecule has 0 aliphatic carbocycles. The molecule has 0 bridgehead atoms. The highest BCUT2D eigenvalue weighted by Gasteiger charge is 2.32. The van der Waals surface area contributed by atoms with Crippen molar-refractivity contribution in [3.63, 3.8) is 0 Å². The van der Waals surface area contributed by atoms with Crippen LogP contribution in [0.2, 0.25) is 0 Å². The van der Waals surface area contributed by atoms with Crippen molar-refractivity contribution >= 4 is 12.4 Å². The van der Waals surface area contributed by atoms with E-state index in [0.717, 1.165) is 18.4 Å². The number of fused-ring (bicyclic) bond motifs is 1. The summed E-state index contributed by atoms with van der Waals surface area (Å²) in [7, 11) is 0. The average Bonchev–Trinajstić information content (AvgIpc) is 2.79. The third-order valence-electron chi connectivity index (χ3n) is 4.15. The van der Waals surface area contributed by atoms with Crippen molar-refractivity contribution < 1.29 is 0 Å². The predicted octanol–water partition coefficient (Wildman–Crippen LogP) is 1.85. The van der Waals surface area contributed by atoms with Gasteiger partial charge in [-0.15, -0.1) is 12.4 Å². The zero-order chi connectivity index (χ0) is 11.7. The van der Waals surface area contributed by atoms with E-state index < -0.39 is 0 Å². The Hall–Kier alpha value is -0.640. The van der Waals surface area contributed by atoms with Gasteiger partial charge in [0.05, 0.1) is 5.69 Å². The summed E-state index contributed by atoms with van der Waals surface area (Å²) in [5, 5.41) is 3.51. The average molecular weight is 268 g/mol. The number of nitrogens with one attached hydrogen (secondary N) is 1. The maximum atomic E-state index is 4.50. The third-order valence-corrected chi connectivity index (χ3v) is 4.15. The number of hydrogen-bond acceptors (Lipinski definition) is 3. The van der Waals surface area contributed by atoms with E-state index in [2.05, 4.69) is 34.3 Å². The second kappa shape index (κ2) is 6.00. The van der Waals surface area contributed by atoms with Gasteiger partial charge in [0, 0.05) is 19.3 Å². The van der Waals surface area contributed by atoms with Gasteiger partial charge < -0.3 is 5.32 Å². The number of pyridine rings is 1. The monoisotopic (exact) mass is 267 g/mol. The Labute approximate surface area is 115 Å². The molecule has 3 rings (SSSR count). The smallest absolute Gasteiger partial charge is 0.0544 e. The molecule has 1 aromatic heterocycles. The van der Waals surface area contributed by atoms with Gasteiger partial charge in [-0.25, -0.2) is 0 Å². The van der Waals surface area contributed by atoms with E-state index >= 15 is 0 Å². The maximum Gasteiger partial charge on any atom is 0.0544 e. The first kappa shape index (κ1) is 13.8. The van der Waals surface area contributed by atoms with Gasteiger partial charge in [0.25, 0.3) is 0 Å². The third kappa shape index (κ3) is 3.02. The van der Waals surface area contributed by atoms with Crippen LogP contribution in [0.5, 0.6) is 0 Å². The van der Waals surface area contributed by atoms with Crippen molar-refractivity contribution in [2.24, 2.45) is 11.8 Å². The van der Waals surface area contributed by atoms with Crippen LogP contribution in [0.1, 0.15) is 17.7 Å². The van der Waals surface area contributed by atoms with Crippen molar-refractivity contribution in [2.75, 3.05) is 26.2 Å². The second-order valence-electron chi connectivity index (χ2n) is 5.53. The van der Waals surface area contributed by atoms with E-state index in [0.29, 0.717) is 0 Å². The summed E-state index contributed by atoms with van der Waals surface area (Å²) in [6.45, 7) is 8.03. The number of nitrogens with zero attached hydrogens (tertiary/aromatic N) is 2. The lowest BCUT2D eigenvalue weighted by Gasteiger charge is -2.34. The summed E-state index contributed by atoms with van der Waals surface area (Å²) in [4.78, 5) is 7.06. The van der Waals surface area contributed by atoms with Crippen LogP contribution in [0.15, 0.2) is 18.3 Å². The molecule has 1 aromatic rings. The standard InChI is InChI=1S/C14H21N3.ClH/c1-11-2-3-14(16-6-11)10-17-5-4-12-7-15-8-13(12)9-17;/h2-3,6,12-13,15H,4-5,7-10H2,1H3;1H. The van der Waals surface area contributed by atoms with Gasteiger partial charge in [-0.1, -0.05) is 6.07 Å². The molecule has 2 unspecified atom stereocenters. The Kier molecular flexibility index (Phi) is 4.60. The van der Waals surface area contributed by atoms with Gasteiger partial charge in [0.2, 0.25) is 0 Å². The van der Waals surface area contributed by atoms with E-state index in [1.54, 1.807) is 0 Å². The molecule has 18 heavy (non-hydrogen) atoms. The van der Waals surface area contributed by atoms with Crippen LogP contribution in [-0.2, 0) is 6.54 Å². The Morgan fingerprint density at radius 3 is 2.94 bits per heavy atom. The maximum absolute atomic E-state index is 4.50. The molecule has 2 saturated heterocycles. The topological polar surface area (TPSA) is 28.2 Å². The van der Waals surface area contributed by atoms with E-state index in [1.165, 1.54) is 43.9 Å². The number of hydrogen-bond donors (Lipinski definition) is 1. The highest BCUT2D eigenvalue weighted by atomic mass is 35.5. The molecule has 3 nitrogen and oxygen atoms in total. The van der Waals surface area contributed by atoms with Crippen LogP contribution < -0.4 is 5.32 Å². The van der Waals surface area contributed by atoms with Crippen molar-refractivity contribution in [3.05, 3.63) is 29.6 Å². The van der Waals surface area contributed by atoms with Crippen LogP contribution in [0, 0.1) is 18.8 Å². The highest BCUT2D eigenvalue weighted by molar-refractivity contribution is 5.85. The minimum Gasteiger partial charge on any atom is -0.316 e. The summed E-state index contributed by atoms with van der Waals surface area (Å²) in [6.07, 6.45) is 3.32. The SMILES string of the molecule is Cc1ccc(CN2CCC3CNCC3C2)nc1.Cl. The van der Waals surface area contributed by atoms with E-state index in [1.807, 2.05) is 6.20 Å². The molecular weight excluding hydrogens is 246 g/mol. The molecule has 100 valence electrons. The minimum atomic E-state index is 0. The van der Waals surface area contributed by atoms with Gasteiger partial charge in [0.1, 0.15) is 0 Å². The van der Waals surface area contributed by atoms with Crippen LogP contribution >= 0.6 is 12.4 Å². The summed E-state index contributed by atoms with van der Waals surface area (Å²) in [5.74, 6) is 1.80. The number of piperidine rings is 1. The predicted molar refractivity (Wildman–Crippen MR) is 76.0 cm³/mol. The quantitative estimate of drug-likeness (QED) is 0.887. The molecule has 0 spiro atoms. The molecule has 0 amide bonds. The fourth-order valence-electron chi connectivity index (χ4n) is 3.07. The number of aryl methyl sites for hydroxylation is 1. The number of halogens is 1. The summed E-state index contributed by atoms with van der Waals surface area (Å²) < 4.78 is 0. The Morgan fingerprint density at radius 2 is 2.17 bits per heavy atom. The van der Waals surface area contributed by atoms with Gasteiger partial charge >= 0.3 is 0 Å². The molecular formula is C14H22ClN3. The van der Waals surface area contributed by atoms with Crippen molar-refractivity contribution in [2.45, 2.75) is 19.9 Å². The van der Waals surface area contributed by atoms with Gasteiger partial charge in [0.15, 0.2) is 0 Å².